The number of rotatable bonds is 9. The van der Waals surface area contributed by atoms with Crippen LogP contribution in [0.25, 0.3) is 16.6 Å². The third kappa shape index (κ3) is 4.71. The molecule has 4 rings (SSSR count). The minimum Gasteiger partial charge on any atom is -0.492 e. The highest BCUT2D eigenvalue weighted by Gasteiger charge is 2.33. The lowest BCUT2D eigenvalue weighted by molar-refractivity contribution is -0.138. The molecule has 1 unspecified atom stereocenters. The fourth-order valence-electron chi connectivity index (χ4n) is 4.81. The third-order valence-corrected chi connectivity index (χ3v) is 6.57. The van der Waals surface area contributed by atoms with E-state index in [-0.39, 0.29) is 17.4 Å². The van der Waals surface area contributed by atoms with E-state index in [9.17, 15) is 9.59 Å². The Morgan fingerprint density at radius 1 is 1.15 bits per heavy atom. The summed E-state index contributed by atoms with van der Waals surface area (Å²) in [6, 6.07) is 14.4. The molecule has 0 saturated heterocycles. The number of amides is 1. The van der Waals surface area contributed by atoms with E-state index >= 15 is 0 Å². The quantitative estimate of drug-likeness (QED) is 0.467. The predicted molar refractivity (Wildman–Crippen MR) is 132 cm³/mol. The van der Waals surface area contributed by atoms with E-state index in [1.54, 1.807) is 17.7 Å². The summed E-state index contributed by atoms with van der Waals surface area (Å²) in [5.74, 6) is 1.23. The third-order valence-electron chi connectivity index (χ3n) is 6.57. The highest BCUT2D eigenvalue weighted by Crippen LogP contribution is 2.32. The predicted octanol–water partition coefficient (Wildman–Crippen LogP) is 4.51. The second-order valence-corrected chi connectivity index (χ2v) is 8.71. The molecule has 1 amide bonds. The van der Waals surface area contributed by atoms with Gasteiger partial charge in [-0.2, -0.15) is 0 Å². The minimum atomic E-state index is -0.435. The molecule has 1 aliphatic rings. The molecule has 1 fully saturated rings. The zero-order chi connectivity index (χ0) is 24.1. The van der Waals surface area contributed by atoms with Crippen molar-refractivity contribution in [1.82, 2.24) is 14.5 Å². The molecule has 7 heteroatoms. The number of nitrogens with zero attached hydrogens (tertiary/aromatic N) is 3. The van der Waals surface area contributed by atoms with Crippen LogP contribution in [-0.2, 0) is 9.53 Å². The topological polar surface area (TPSA) is 73.7 Å². The molecule has 1 aromatic heterocycles. The molecule has 1 atom stereocenters. The first-order chi connectivity index (χ1) is 16.6. The molecule has 1 aliphatic carbocycles. The molecule has 0 N–H and O–H groups in total. The summed E-state index contributed by atoms with van der Waals surface area (Å²) in [7, 11) is 1.63. The van der Waals surface area contributed by atoms with Crippen LogP contribution in [0.5, 0.6) is 5.75 Å². The zero-order valence-electron chi connectivity index (χ0n) is 20.2. The fraction of sp³-hybridized carbons (Fsp3) is 0.444. The summed E-state index contributed by atoms with van der Waals surface area (Å²) < 4.78 is 12.8. The monoisotopic (exact) mass is 463 g/mol. The van der Waals surface area contributed by atoms with Gasteiger partial charge in [-0.15, -0.1) is 0 Å². The van der Waals surface area contributed by atoms with E-state index in [4.69, 9.17) is 14.5 Å². The second-order valence-electron chi connectivity index (χ2n) is 8.71. The van der Waals surface area contributed by atoms with Crippen molar-refractivity contribution in [2.24, 2.45) is 5.92 Å². The van der Waals surface area contributed by atoms with Gasteiger partial charge in [0.15, 0.2) is 0 Å². The number of carbonyl (C=O) groups excluding carboxylic acids is 1. The van der Waals surface area contributed by atoms with Crippen molar-refractivity contribution in [3.63, 3.8) is 0 Å². The zero-order valence-corrected chi connectivity index (χ0v) is 20.2. The van der Waals surface area contributed by atoms with Gasteiger partial charge in [-0.25, -0.2) is 4.98 Å². The van der Waals surface area contributed by atoms with Crippen molar-refractivity contribution >= 4 is 16.8 Å². The average Bonchev–Trinajstić information content (AvgIpc) is 3.40. The maximum atomic E-state index is 13.8. The van der Waals surface area contributed by atoms with E-state index in [1.807, 2.05) is 61.2 Å². The van der Waals surface area contributed by atoms with Crippen LogP contribution in [0.2, 0.25) is 0 Å². The van der Waals surface area contributed by atoms with Gasteiger partial charge < -0.3 is 14.4 Å². The lowest BCUT2D eigenvalue weighted by Crippen LogP contribution is -2.41. The molecule has 0 bridgehead atoms. The normalized spacial score (nSPS) is 14.9. The van der Waals surface area contributed by atoms with Gasteiger partial charge in [0.05, 0.1) is 35.8 Å². The highest BCUT2D eigenvalue weighted by atomic mass is 16.5. The number of ether oxygens (including phenoxy) is 2. The molecule has 0 radical (unpaired) electrons. The van der Waals surface area contributed by atoms with E-state index < -0.39 is 6.04 Å². The van der Waals surface area contributed by atoms with Gasteiger partial charge in [-0.05, 0) is 51.0 Å². The van der Waals surface area contributed by atoms with Crippen LogP contribution in [0, 0.1) is 5.92 Å². The summed E-state index contributed by atoms with van der Waals surface area (Å²) in [4.78, 5) is 34.1. The Balaban J connectivity index is 1.90. The molecular weight excluding hydrogens is 430 g/mol. The van der Waals surface area contributed by atoms with Crippen molar-refractivity contribution in [2.45, 2.75) is 45.6 Å². The van der Waals surface area contributed by atoms with E-state index in [2.05, 4.69) is 0 Å². The van der Waals surface area contributed by atoms with Gasteiger partial charge in [0.25, 0.3) is 5.56 Å². The summed E-state index contributed by atoms with van der Waals surface area (Å²) in [6.45, 7) is 5.17. The van der Waals surface area contributed by atoms with Gasteiger partial charge in [-0.1, -0.05) is 37.1 Å². The molecule has 34 heavy (non-hydrogen) atoms. The SMILES string of the molecule is CCOc1ccccc1-n1c(C(C)N(CCOC)C(=O)C2CCCC2)nc2ccccc2c1=O. The first kappa shape index (κ1) is 24.0. The molecule has 0 aliphatic heterocycles. The van der Waals surface area contributed by atoms with Crippen LogP contribution < -0.4 is 10.3 Å². The van der Waals surface area contributed by atoms with Gasteiger partial charge in [0, 0.05) is 19.6 Å². The number of methoxy groups -OCH3 is 1. The minimum absolute atomic E-state index is 0.00986. The van der Waals surface area contributed by atoms with Crippen LogP contribution in [0.1, 0.15) is 51.4 Å². The number of aromatic nitrogens is 2. The smallest absolute Gasteiger partial charge is 0.266 e. The van der Waals surface area contributed by atoms with Crippen LogP contribution in [-0.4, -0.2) is 47.2 Å². The Bertz CT molecular complexity index is 1200. The van der Waals surface area contributed by atoms with E-state index in [0.717, 1.165) is 25.7 Å². The first-order valence-corrected chi connectivity index (χ1v) is 12.1. The Morgan fingerprint density at radius 2 is 1.85 bits per heavy atom. The molecule has 0 spiro atoms. The molecule has 3 aromatic rings. The van der Waals surface area contributed by atoms with Crippen molar-refractivity contribution in [1.29, 1.82) is 0 Å². The Labute approximate surface area is 200 Å². The second kappa shape index (κ2) is 10.8. The van der Waals surface area contributed by atoms with E-state index in [1.165, 1.54) is 0 Å². The Morgan fingerprint density at radius 3 is 2.59 bits per heavy atom. The van der Waals surface area contributed by atoms with Gasteiger partial charge in [0.1, 0.15) is 11.6 Å². The molecule has 1 saturated carbocycles. The Kier molecular flexibility index (Phi) is 7.63. The van der Waals surface area contributed by atoms with Crippen molar-refractivity contribution in [2.75, 3.05) is 26.9 Å². The number of carbonyl (C=O) groups is 1. The molecular formula is C27H33N3O4. The summed E-state index contributed by atoms with van der Waals surface area (Å²) in [6.07, 6.45) is 3.95. The van der Waals surface area contributed by atoms with Crippen LogP contribution in [0.4, 0.5) is 0 Å². The summed E-state index contributed by atoms with van der Waals surface area (Å²) in [5.41, 5.74) is 1.05. The summed E-state index contributed by atoms with van der Waals surface area (Å²) >= 11 is 0. The molecule has 2 aromatic carbocycles. The summed E-state index contributed by atoms with van der Waals surface area (Å²) in [5, 5.41) is 0.523. The lowest BCUT2D eigenvalue weighted by atomic mass is 10.0. The standard InChI is InChI=1S/C27H33N3O4/c1-4-34-24-16-10-9-15-23(24)30-25(28-22-14-8-7-13-21(22)27(30)32)19(2)29(17-18-33-3)26(31)20-11-5-6-12-20/h7-10,13-16,19-20H,4-6,11-12,17-18H2,1-3H3. The molecule has 180 valence electrons. The number of benzene rings is 2. The van der Waals surface area contributed by atoms with E-state index in [0.29, 0.717) is 47.9 Å². The van der Waals surface area contributed by atoms with Crippen LogP contribution in [0.15, 0.2) is 53.3 Å². The van der Waals surface area contributed by atoms with Crippen molar-refractivity contribution < 1.29 is 14.3 Å². The Hall–Kier alpha value is -3.19. The van der Waals surface area contributed by atoms with Crippen LogP contribution >= 0.6 is 0 Å². The number of hydrogen-bond donors (Lipinski definition) is 0. The number of fused-ring (bicyclic) bond motifs is 1. The highest BCUT2D eigenvalue weighted by molar-refractivity contribution is 5.80. The number of para-hydroxylation sites is 3. The maximum absolute atomic E-state index is 13.8. The molecule has 7 nitrogen and oxygen atoms in total. The fourth-order valence-corrected chi connectivity index (χ4v) is 4.81. The number of hydrogen-bond acceptors (Lipinski definition) is 5. The average molecular weight is 464 g/mol. The van der Waals surface area contributed by atoms with Crippen LogP contribution in [0.3, 0.4) is 0 Å². The van der Waals surface area contributed by atoms with Crippen molar-refractivity contribution in [3.05, 3.63) is 64.7 Å². The first-order valence-electron chi connectivity index (χ1n) is 12.1. The lowest BCUT2D eigenvalue weighted by Gasteiger charge is -2.32. The molecule has 1 heterocycles. The maximum Gasteiger partial charge on any atom is 0.266 e. The van der Waals surface area contributed by atoms with Crippen molar-refractivity contribution in [3.8, 4) is 11.4 Å². The van der Waals surface area contributed by atoms with Gasteiger partial charge in [-0.3, -0.25) is 14.2 Å². The van der Waals surface area contributed by atoms with Gasteiger partial charge >= 0.3 is 0 Å². The van der Waals surface area contributed by atoms with Gasteiger partial charge in [0.2, 0.25) is 5.91 Å². The largest absolute Gasteiger partial charge is 0.492 e.